The van der Waals surface area contributed by atoms with Gasteiger partial charge in [0.25, 0.3) is 0 Å². The Hall–Kier alpha value is -1.12. The van der Waals surface area contributed by atoms with E-state index in [1.807, 2.05) is 11.3 Å². The van der Waals surface area contributed by atoms with Gasteiger partial charge in [0.2, 0.25) is 0 Å². The maximum Gasteiger partial charge on any atom is 0.0673 e. The first-order valence-electron chi connectivity index (χ1n) is 7.61. The summed E-state index contributed by atoms with van der Waals surface area (Å²) in [6, 6.07) is 9.47. The molecule has 106 valence electrons. The maximum absolute atomic E-state index is 3.68. The summed E-state index contributed by atoms with van der Waals surface area (Å²) in [5.74, 6) is 0. The minimum atomic E-state index is 0.357. The largest absolute Gasteiger partial charge is 0.306 e. The van der Waals surface area contributed by atoms with Gasteiger partial charge in [0.05, 0.1) is 6.04 Å². The monoisotopic (exact) mass is 285 g/mol. The lowest BCUT2D eigenvalue weighted by Crippen LogP contribution is -2.22. The van der Waals surface area contributed by atoms with Crippen molar-refractivity contribution in [3.63, 3.8) is 0 Å². The zero-order chi connectivity index (χ0) is 14.1. The summed E-state index contributed by atoms with van der Waals surface area (Å²) >= 11 is 2.02. The third kappa shape index (κ3) is 2.43. The third-order valence-electron chi connectivity index (χ3n) is 4.42. The molecule has 20 heavy (non-hydrogen) atoms. The Morgan fingerprint density at radius 1 is 1.25 bits per heavy atom. The minimum Gasteiger partial charge on any atom is -0.306 e. The van der Waals surface area contributed by atoms with Crippen molar-refractivity contribution in [2.24, 2.45) is 0 Å². The van der Waals surface area contributed by atoms with Gasteiger partial charge in [-0.3, -0.25) is 0 Å². The first-order valence-corrected chi connectivity index (χ1v) is 8.43. The van der Waals surface area contributed by atoms with Crippen molar-refractivity contribution in [1.82, 2.24) is 5.32 Å². The second-order valence-electron chi connectivity index (χ2n) is 5.73. The van der Waals surface area contributed by atoms with Gasteiger partial charge in [-0.15, -0.1) is 11.3 Å². The normalized spacial score (nSPS) is 15.3. The minimum absolute atomic E-state index is 0.357. The molecule has 0 saturated heterocycles. The lowest BCUT2D eigenvalue weighted by molar-refractivity contribution is 0.635. The number of nitrogens with one attached hydrogen (secondary N) is 1. The maximum atomic E-state index is 3.68. The molecular weight excluding hydrogens is 262 g/mol. The number of benzene rings is 1. The summed E-state index contributed by atoms with van der Waals surface area (Å²) in [7, 11) is 0. The Labute approximate surface area is 126 Å². The Morgan fingerprint density at radius 3 is 2.85 bits per heavy atom. The fraction of sp³-hybridized carbons (Fsp3) is 0.444. The van der Waals surface area contributed by atoms with Crippen molar-refractivity contribution in [2.75, 3.05) is 6.54 Å². The predicted octanol–water partition coefficient (Wildman–Crippen LogP) is 4.55. The van der Waals surface area contributed by atoms with Crippen molar-refractivity contribution in [2.45, 2.75) is 46.1 Å². The molecule has 0 amide bonds. The van der Waals surface area contributed by atoms with Crippen LogP contribution in [0.4, 0.5) is 0 Å². The summed E-state index contributed by atoms with van der Waals surface area (Å²) in [5, 5.41) is 3.68. The van der Waals surface area contributed by atoms with Crippen LogP contribution >= 0.6 is 11.3 Å². The highest BCUT2D eigenvalue weighted by Crippen LogP contribution is 2.37. The van der Waals surface area contributed by atoms with Gasteiger partial charge >= 0.3 is 0 Å². The van der Waals surface area contributed by atoms with Crippen molar-refractivity contribution in [3.8, 4) is 0 Å². The summed E-state index contributed by atoms with van der Waals surface area (Å²) in [5.41, 5.74) is 5.84. The molecule has 1 aromatic carbocycles. The molecule has 1 aromatic heterocycles. The number of fused-ring (bicyclic) bond motifs is 1. The molecule has 0 spiro atoms. The van der Waals surface area contributed by atoms with Crippen LogP contribution in [0.15, 0.2) is 24.3 Å². The lowest BCUT2D eigenvalue weighted by Gasteiger charge is -2.20. The van der Waals surface area contributed by atoms with Gasteiger partial charge in [-0.25, -0.2) is 0 Å². The fourth-order valence-corrected chi connectivity index (χ4v) is 4.50. The molecule has 1 N–H and O–H groups in total. The Morgan fingerprint density at radius 2 is 2.10 bits per heavy atom. The number of rotatable bonds is 4. The van der Waals surface area contributed by atoms with E-state index < -0.39 is 0 Å². The van der Waals surface area contributed by atoms with E-state index in [1.165, 1.54) is 40.8 Å². The van der Waals surface area contributed by atoms with E-state index in [0.29, 0.717) is 6.04 Å². The second-order valence-corrected chi connectivity index (χ2v) is 6.90. The smallest absolute Gasteiger partial charge is 0.0673 e. The van der Waals surface area contributed by atoms with Crippen LogP contribution in [0.25, 0.3) is 0 Å². The van der Waals surface area contributed by atoms with Crippen molar-refractivity contribution < 1.29 is 0 Å². The molecule has 1 aliphatic rings. The molecule has 0 saturated carbocycles. The van der Waals surface area contributed by atoms with Crippen LogP contribution in [0.3, 0.4) is 0 Å². The van der Waals surface area contributed by atoms with E-state index in [9.17, 15) is 0 Å². The van der Waals surface area contributed by atoms with Gasteiger partial charge in [-0.05, 0) is 68.0 Å². The SMILES string of the molecule is CCNC(c1cc2c(s1)CCC2)c1cccc(C)c1C. The number of aryl methyl sites for hydroxylation is 3. The summed E-state index contributed by atoms with van der Waals surface area (Å²) in [6.45, 7) is 7.65. The van der Waals surface area contributed by atoms with E-state index in [0.717, 1.165) is 6.54 Å². The highest BCUT2D eigenvalue weighted by atomic mass is 32.1. The van der Waals surface area contributed by atoms with Crippen LogP contribution in [0.1, 0.15) is 51.4 Å². The topological polar surface area (TPSA) is 12.0 Å². The van der Waals surface area contributed by atoms with Crippen LogP contribution in [0.2, 0.25) is 0 Å². The standard InChI is InChI=1S/C18H23NS/c1-4-19-18(15-9-5-7-12(2)13(15)3)17-11-14-8-6-10-16(14)20-17/h5,7,9,11,18-19H,4,6,8,10H2,1-3H3. The molecule has 0 radical (unpaired) electrons. The highest BCUT2D eigenvalue weighted by molar-refractivity contribution is 7.12. The molecule has 1 heterocycles. The van der Waals surface area contributed by atoms with Gasteiger partial charge in [-0.1, -0.05) is 25.1 Å². The molecule has 0 fully saturated rings. The van der Waals surface area contributed by atoms with Gasteiger partial charge in [0, 0.05) is 9.75 Å². The highest BCUT2D eigenvalue weighted by Gasteiger charge is 2.22. The summed E-state index contributed by atoms with van der Waals surface area (Å²) < 4.78 is 0. The second kappa shape index (κ2) is 5.71. The lowest BCUT2D eigenvalue weighted by atomic mass is 9.96. The molecule has 0 aliphatic heterocycles. The van der Waals surface area contributed by atoms with Crippen LogP contribution < -0.4 is 5.32 Å². The molecule has 1 aliphatic carbocycles. The van der Waals surface area contributed by atoms with Gasteiger partial charge < -0.3 is 5.32 Å². The molecule has 1 atom stereocenters. The fourth-order valence-electron chi connectivity index (χ4n) is 3.15. The quantitative estimate of drug-likeness (QED) is 0.869. The van der Waals surface area contributed by atoms with E-state index >= 15 is 0 Å². The summed E-state index contributed by atoms with van der Waals surface area (Å²) in [6.07, 6.45) is 3.90. The van der Waals surface area contributed by atoms with Gasteiger partial charge in [0.1, 0.15) is 0 Å². The van der Waals surface area contributed by atoms with E-state index in [-0.39, 0.29) is 0 Å². The predicted molar refractivity (Wildman–Crippen MR) is 87.8 cm³/mol. The van der Waals surface area contributed by atoms with Crippen LogP contribution in [0, 0.1) is 13.8 Å². The third-order valence-corrected chi connectivity index (χ3v) is 5.72. The molecule has 2 aromatic rings. The van der Waals surface area contributed by atoms with Crippen LogP contribution in [0.5, 0.6) is 0 Å². The molecule has 3 rings (SSSR count). The summed E-state index contributed by atoms with van der Waals surface area (Å²) in [4.78, 5) is 3.11. The Kier molecular flexibility index (Phi) is 3.95. The van der Waals surface area contributed by atoms with Crippen molar-refractivity contribution >= 4 is 11.3 Å². The van der Waals surface area contributed by atoms with Crippen molar-refractivity contribution in [3.05, 3.63) is 56.3 Å². The average molecular weight is 285 g/mol. The molecule has 0 bridgehead atoms. The molecular formula is C18H23NS. The van der Waals surface area contributed by atoms with Gasteiger partial charge in [0.15, 0.2) is 0 Å². The molecule has 2 heteroatoms. The Balaban J connectivity index is 2.01. The van der Waals surface area contributed by atoms with E-state index in [1.54, 1.807) is 10.4 Å². The van der Waals surface area contributed by atoms with Crippen LogP contribution in [-0.4, -0.2) is 6.54 Å². The van der Waals surface area contributed by atoms with Crippen LogP contribution in [-0.2, 0) is 12.8 Å². The van der Waals surface area contributed by atoms with E-state index in [2.05, 4.69) is 50.4 Å². The first-order chi connectivity index (χ1) is 9.70. The van der Waals surface area contributed by atoms with E-state index in [4.69, 9.17) is 0 Å². The Bertz CT molecular complexity index is 590. The molecule has 1 nitrogen and oxygen atoms in total. The zero-order valence-corrected chi connectivity index (χ0v) is 13.4. The molecule has 1 unspecified atom stereocenters. The van der Waals surface area contributed by atoms with Gasteiger partial charge in [-0.2, -0.15) is 0 Å². The average Bonchev–Trinajstić information content (AvgIpc) is 3.00. The number of hydrogen-bond donors (Lipinski definition) is 1. The van der Waals surface area contributed by atoms with Crippen molar-refractivity contribution in [1.29, 1.82) is 0 Å². The first kappa shape index (κ1) is 13.8. The number of hydrogen-bond acceptors (Lipinski definition) is 2. The number of thiophene rings is 1. The zero-order valence-electron chi connectivity index (χ0n) is 12.6.